The van der Waals surface area contributed by atoms with Gasteiger partial charge in [0.1, 0.15) is 5.75 Å². The first-order valence-corrected chi connectivity index (χ1v) is 13.5. The van der Waals surface area contributed by atoms with Crippen LogP contribution in [0, 0.1) is 0 Å². The Balaban J connectivity index is 1.63. The summed E-state index contributed by atoms with van der Waals surface area (Å²) in [6.07, 6.45) is -3.98. The van der Waals surface area contributed by atoms with Gasteiger partial charge in [0.2, 0.25) is 10.0 Å². The molecule has 0 atom stereocenters. The summed E-state index contributed by atoms with van der Waals surface area (Å²) in [5.41, 5.74) is 2.04. The van der Waals surface area contributed by atoms with E-state index in [1.165, 1.54) is 49.9 Å². The van der Waals surface area contributed by atoms with E-state index in [0.717, 1.165) is 17.7 Å². The van der Waals surface area contributed by atoms with Crippen LogP contribution in [0.25, 0.3) is 11.1 Å². The maximum Gasteiger partial charge on any atom is 0.416 e. The number of nitrogens with one attached hydrogen (secondary N) is 1. The summed E-state index contributed by atoms with van der Waals surface area (Å²) in [5.74, 6) is -0.581. The van der Waals surface area contributed by atoms with Crippen LogP contribution in [0.2, 0.25) is 0 Å². The fourth-order valence-corrected chi connectivity index (χ4v) is 5.27. The van der Waals surface area contributed by atoms with Crippen LogP contribution in [0.5, 0.6) is 5.75 Å². The van der Waals surface area contributed by atoms with Gasteiger partial charge in [0, 0.05) is 22.3 Å². The second-order valence-electron chi connectivity index (χ2n) is 9.69. The lowest BCUT2D eigenvalue weighted by Gasteiger charge is -2.30. The molecule has 0 bridgehead atoms. The van der Waals surface area contributed by atoms with Crippen molar-refractivity contribution in [2.24, 2.45) is 0 Å². The lowest BCUT2D eigenvalue weighted by molar-refractivity contribution is -0.137. The molecule has 0 spiro atoms. The van der Waals surface area contributed by atoms with Crippen LogP contribution in [0.15, 0.2) is 59.1 Å². The van der Waals surface area contributed by atoms with Gasteiger partial charge in [0.15, 0.2) is 0 Å². The van der Waals surface area contributed by atoms with Gasteiger partial charge < -0.3 is 10.0 Å². The molecule has 6 nitrogen and oxygen atoms in total. The largest absolute Gasteiger partial charge is 0.506 e. The molecule has 3 aromatic carbocycles. The number of nitrogens with zero attached hydrogens (tertiary/aromatic N) is 1. The lowest BCUT2D eigenvalue weighted by atomic mass is 9.93. The van der Waals surface area contributed by atoms with Crippen molar-refractivity contribution < 1.29 is 31.5 Å². The summed E-state index contributed by atoms with van der Waals surface area (Å²) in [6.45, 7) is 4.87. The van der Waals surface area contributed by atoms with E-state index in [-0.39, 0.29) is 17.3 Å². The quantitative estimate of drug-likeness (QED) is 0.333. The fourth-order valence-electron chi connectivity index (χ4n) is 3.90. The Kier molecular flexibility index (Phi) is 6.83. The zero-order valence-electron chi connectivity index (χ0n) is 20.1. The van der Waals surface area contributed by atoms with Crippen molar-refractivity contribution in [3.63, 3.8) is 0 Å². The second-order valence-corrected chi connectivity index (χ2v) is 13.0. The first kappa shape index (κ1) is 27.0. The Bertz CT molecular complexity index is 1500. The number of carbonyl (C=O) groups excluding carboxylic acids is 1. The molecule has 3 aromatic rings. The minimum atomic E-state index is -4.45. The molecule has 0 saturated heterocycles. The number of fused-ring (bicyclic) bond motifs is 1. The molecule has 1 heterocycles. The maximum atomic E-state index is 13.3. The highest BCUT2D eigenvalue weighted by molar-refractivity contribution is 9.10. The van der Waals surface area contributed by atoms with Crippen LogP contribution in [-0.4, -0.2) is 30.7 Å². The van der Waals surface area contributed by atoms with Crippen LogP contribution >= 0.6 is 15.9 Å². The van der Waals surface area contributed by atoms with Crippen LogP contribution in [-0.2, 0) is 22.6 Å². The van der Waals surface area contributed by atoms with Gasteiger partial charge in [-0.2, -0.15) is 13.2 Å². The molecular weight excluding hydrogens is 573 g/mol. The van der Waals surface area contributed by atoms with Crippen LogP contribution in [0.1, 0.15) is 42.3 Å². The number of halogens is 4. The predicted octanol–water partition coefficient (Wildman–Crippen LogP) is 6.58. The SMILES string of the molecule is CC(C)(C)S(=O)(=O)Nc1cc(N2CCc3cc(-c4ccc(C(F)(F)F)cc4Br)ccc3C2=O)ccc1O. The molecule has 0 radical (unpaired) electrons. The number of benzene rings is 3. The van der Waals surface area contributed by atoms with Gasteiger partial charge >= 0.3 is 6.18 Å². The third kappa shape index (κ3) is 5.33. The Morgan fingerprint density at radius 1 is 0.973 bits per heavy atom. The third-order valence-corrected chi connectivity index (χ3v) is 8.89. The second kappa shape index (κ2) is 9.36. The highest BCUT2D eigenvalue weighted by Crippen LogP contribution is 2.38. The van der Waals surface area contributed by atoms with Crippen LogP contribution < -0.4 is 9.62 Å². The molecule has 0 aromatic heterocycles. The summed E-state index contributed by atoms with van der Waals surface area (Å²) >= 11 is 3.23. The van der Waals surface area contributed by atoms with Gasteiger partial charge in [-0.1, -0.05) is 34.1 Å². The number of phenols is 1. The zero-order chi connectivity index (χ0) is 27.3. The topological polar surface area (TPSA) is 86.7 Å². The molecule has 11 heteroatoms. The molecule has 1 amide bonds. The number of hydrogen-bond acceptors (Lipinski definition) is 4. The van der Waals surface area contributed by atoms with Gasteiger partial charge in [-0.3, -0.25) is 9.52 Å². The number of hydrogen-bond donors (Lipinski definition) is 2. The maximum absolute atomic E-state index is 13.3. The summed E-state index contributed by atoms with van der Waals surface area (Å²) in [5, 5.41) is 10.2. The van der Waals surface area contributed by atoms with Crippen molar-refractivity contribution in [3.8, 4) is 16.9 Å². The molecule has 4 rings (SSSR count). The van der Waals surface area contributed by atoms with Crippen molar-refractivity contribution in [1.29, 1.82) is 0 Å². The Hall–Kier alpha value is -3.05. The molecular formula is C26H24BrF3N2O4S. The number of aromatic hydroxyl groups is 1. The van der Waals surface area contributed by atoms with E-state index in [9.17, 15) is 31.5 Å². The Morgan fingerprint density at radius 3 is 2.27 bits per heavy atom. The molecule has 1 aliphatic heterocycles. The molecule has 0 unspecified atom stereocenters. The Morgan fingerprint density at radius 2 is 1.65 bits per heavy atom. The molecule has 37 heavy (non-hydrogen) atoms. The number of phenolic OH excluding ortho intramolecular Hbond substituents is 1. The number of amides is 1. The standard InChI is InChI=1S/C26H24BrF3N2O4S/c1-25(2,3)37(35,36)31-22-14-18(6-9-23(22)33)32-11-10-16-12-15(4-7-20(16)24(32)34)19-8-5-17(13-21(19)27)26(28,29)30/h4-9,12-14,31,33H,10-11H2,1-3H3. The molecule has 196 valence electrons. The first-order valence-electron chi connectivity index (χ1n) is 11.3. The van der Waals surface area contributed by atoms with E-state index in [0.29, 0.717) is 39.8 Å². The minimum Gasteiger partial charge on any atom is -0.506 e. The number of anilines is 2. The summed E-state index contributed by atoms with van der Waals surface area (Å²) < 4.78 is 65.8. The van der Waals surface area contributed by atoms with Crippen molar-refractivity contribution in [2.75, 3.05) is 16.2 Å². The predicted molar refractivity (Wildman–Crippen MR) is 140 cm³/mol. The fraction of sp³-hybridized carbons (Fsp3) is 0.269. The van der Waals surface area contributed by atoms with Crippen molar-refractivity contribution in [2.45, 2.75) is 38.1 Å². The van der Waals surface area contributed by atoms with Gasteiger partial charge in [-0.05, 0) is 80.3 Å². The highest BCUT2D eigenvalue weighted by atomic mass is 79.9. The summed E-state index contributed by atoms with van der Waals surface area (Å²) in [7, 11) is -3.81. The summed E-state index contributed by atoms with van der Waals surface area (Å²) in [4.78, 5) is 14.8. The average molecular weight is 597 g/mol. The van der Waals surface area contributed by atoms with Gasteiger partial charge in [-0.25, -0.2) is 8.42 Å². The van der Waals surface area contributed by atoms with Crippen molar-refractivity contribution in [3.05, 3.63) is 75.8 Å². The van der Waals surface area contributed by atoms with Gasteiger partial charge in [0.25, 0.3) is 5.91 Å². The lowest BCUT2D eigenvalue weighted by Crippen LogP contribution is -2.38. The van der Waals surface area contributed by atoms with Crippen molar-refractivity contribution in [1.82, 2.24) is 0 Å². The monoisotopic (exact) mass is 596 g/mol. The highest BCUT2D eigenvalue weighted by Gasteiger charge is 2.32. The zero-order valence-corrected chi connectivity index (χ0v) is 22.6. The Labute approximate surface area is 221 Å². The van der Waals surface area contributed by atoms with E-state index >= 15 is 0 Å². The van der Waals surface area contributed by atoms with E-state index < -0.39 is 26.5 Å². The van der Waals surface area contributed by atoms with E-state index in [2.05, 4.69) is 20.7 Å². The van der Waals surface area contributed by atoms with Crippen LogP contribution in [0.4, 0.5) is 24.5 Å². The van der Waals surface area contributed by atoms with Gasteiger partial charge in [0.05, 0.1) is 16.0 Å². The average Bonchev–Trinajstić information content (AvgIpc) is 2.79. The van der Waals surface area contributed by atoms with Crippen LogP contribution in [0.3, 0.4) is 0 Å². The molecule has 0 fully saturated rings. The third-order valence-electron chi connectivity index (χ3n) is 6.14. The summed E-state index contributed by atoms with van der Waals surface area (Å²) in [6, 6.07) is 12.8. The molecule has 1 aliphatic rings. The molecule has 0 saturated carbocycles. The number of rotatable bonds is 4. The molecule has 0 aliphatic carbocycles. The number of carbonyl (C=O) groups is 1. The number of alkyl halides is 3. The number of sulfonamides is 1. The van der Waals surface area contributed by atoms with E-state index in [1.54, 1.807) is 18.2 Å². The van der Waals surface area contributed by atoms with Gasteiger partial charge in [-0.15, -0.1) is 0 Å². The first-order chi connectivity index (χ1) is 17.1. The molecule has 2 N–H and O–H groups in total. The van der Waals surface area contributed by atoms with Crippen molar-refractivity contribution >= 4 is 43.2 Å². The normalized spacial score (nSPS) is 14.5. The van der Waals surface area contributed by atoms with E-state index in [4.69, 9.17) is 0 Å². The van der Waals surface area contributed by atoms with E-state index in [1.807, 2.05) is 0 Å². The minimum absolute atomic E-state index is 0.0338. The smallest absolute Gasteiger partial charge is 0.416 e.